The van der Waals surface area contributed by atoms with Gasteiger partial charge in [0.2, 0.25) is 15.4 Å². The van der Waals surface area contributed by atoms with Gasteiger partial charge in [0.15, 0.2) is 11.1 Å². The Hall–Kier alpha value is -2.40. The summed E-state index contributed by atoms with van der Waals surface area (Å²) in [7, 11) is -3.60. The molecule has 0 spiro atoms. The molecule has 0 bridgehead atoms. The molecule has 1 aliphatic rings. The molecule has 4 rings (SSSR count). The van der Waals surface area contributed by atoms with Crippen LogP contribution < -0.4 is 9.88 Å². The highest BCUT2D eigenvalue weighted by Gasteiger charge is 2.29. The molecule has 2 aromatic carbocycles. The highest BCUT2D eigenvalue weighted by atomic mass is 32.2. The van der Waals surface area contributed by atoms with Crippen LogP contribution in [-0.2, 0) is 9.84 Å². The van der Waals surface area contributed by atoms with Crippen molar-refractivity contribution in [1.82, 2.24) is 0 Å². The molecule has 134 valence electrons. The molecule has 0 saturated carbocycles. The molecule has 3 aromatic rings. The van der Waals surface area contributed by atoms with Gasteiger partial charge in [0.25, 0.3) is 0 Å². The van der Waals surface area contributed by atoms with Crippen molar-refractivity contribution in [2.75, 3.05) is 18.0 Å². The maximum atomic E-state index is 13.4. The van der Waals surface area contributed by atoms with Crippen molar-refractivity contribution in [2.45, 2.75) is 35.5 Å². The van der Waals surface area contributed by atoms with Gasteiger partial charge < -0.3 is 4.90 Å². The fourth-order valence-electron chi connectivity index (χ4n) is 3.71. The first-order valence-corrected chi connectivity index (χ1v) is 10.6. The second-order valence-electron chi connectivity index (χ2n) is 6.76. The third kappa shape index (κ3) is 3.07. The largest absolute Gasteiger partial charge is 0.370 e. The van der Waals surface area contributed by atoms with Crippen molar-refractivity contribution in [1.29, 1.82) is 0 Å². The van der Waals surface area contributed by atoms with E-state index in [0.717, 1.165) is 42.5 Å². The second kappa shape index (κ2) is 7.08. The second-order valence-corrected chi connectivity index (χ2v) is 8.68. The fourth-order valence-corrected chi connectivity index (χ4v) is 5.19. The van der Waals surface area contributed by atoms with Crippen LogP contribution >= 0.6 is 0 Å². The molecule has 1 aliphatic heterocycles. The Bertz CT molecular complexity index is 1010. The Morgan fingerprint density at radius 3 is 2.19 bits per heavy atom. The van der Waals surface area contributed by atoms with Gasteiger partial charge in [0.1, 0.15) is 0 Å². The molecule has 0 unspecified atom stereocenters. The molecule has 1 aromatic heterocycles. The first kappa shape index (κ1) is 17.0. The minimum atomic E-state index is -3.60. The molecule has 26 heavy (non-hydrogen) atoms. The van der Waals surface area contributed by atoms with Crippen molar-refractivity contribution in [3.8, 4) is 0 Å². The zero-order chi connectivity index (χ0) is 18.0. The van der Waals surface area contributed by atoms with Crippen molar-refractivity contribution in [3.05, 3.63) is 60.8 Å². The van der Waals surface area contributed by atoms with Gasteiger partial charge in [0, 0.05) is 19.2 Å². The summed E-state index contributed by atoms with van der Waals surface area (Å²) in [4.78, 5) is 6.15. The van der Waals surface area contributed by atoms with Gasteiger partial charge in [-0.25, -0.2) is 13.4 Å². The first-order chi connectivity index (χ1) is 12.7. The van der Waals surface area contributed by atoms with Crippen LogP contribution in [0.2, 0.25) is 0 Å². The monoisotopic (exact) mass is 367 g/mol. The van der Waals surface area contributed by atoms with Crippen LogP contribution in [0.25, 0.3) is 10.9 Å². The minimum Gasteiger partial charge on any atom is -0.370 e. The quantitative estimate of drug-likeness (QED) is 0.706. The summed E-state index contributed by atoms with van der Waals surface area (Å²) < 4.78 is 26.8. The molecule has 1 N–H and O–H groups in total. The molecule has 4 nitrogen and oxygen atoms in total. The maximum absolute atomic E-state index is 13.4. The summed E-state index contributed by atoms with van der Waals surface area (Å²) in [5.74, 6) is 0. The van der Waals surface area contributed by atoms with Crippen molar-refractivity contribution >= 4 is 26.4 Å². The Labute approximate surface area is 154 Å². The number of sulfone groups is 1. The van der Waals surface area contributed by atoms with Crippen LogP contribution in [0.15, 0.2) is 70.6 Å². The zero-order valence-corrected chi connectivity index (χ0v) is 15.5. The van der Waals surface area contributed by atoms with Crippen LogP contribution in [0.5, 0.6) is 0 Å². The van der Waals surface area contributed by atoms with E-state index in [1.165, 1.54) is 12.8 Å². The summed E-state index contributed by atoms with van der Waals surface area (Å²) >= 11 is 0. The lowest BCUT2D eigenvalue weighted by atomic mass is 10.1. The van der Waals surface area contributed by atoms with E-state index in [1.54, 1.807) is 30.5 Å². The normalized spacial score (nSPS) is 15.8. The van der Waals surface area contributed by atoms with E-state index in [0.29, 0.717) is 9.79 Å². The van der Waals surface area contributed by atoms with Gasteiger partial charge in [-0.2, -0.15) is 0 Å². The van der Waals surface area contributed by atoms with Crippen molar-refractivity contribution in [2.24, 2.45) is 0 Å². The van der Waals surface area contributed by atoms with E-state index in [4.69, 9.17) is 0 Å². The number of rotatable bonds is 3. The van der Waals surface area contributed by atoms with Crippen LogP contribution in [-0.4, -0.2) is 21.5 Å². The molecule has 1 saturated heterocycles. The fraction of sp³-hybridized carbons (Fsp3) is 0.286. The Morgan fingerprint density at radius 1 is 0.808 bits per heavy atom. The lowest BCUT2D eigenvalue weighted by molar-refractivity contribution is -0.347. The highest BCUT2D eigenvalue weighted by molar-refractivity contribution is 7.91. The summed E-state index contributed by atoms with van der Waals surface area (Å²) in [6.07, 6.45) is 6.25. The molecule has 0 radical (unpaired) electrons. The highest BCUT2D eigenvalue weighted by Crippen LogP contribution is 2.35. The standard InChI is InChI=1S/C21H22N2O2S/c24-26(25,17-10-4-3-5-11-17)20-16-22-19-13-7-6-12-18(19)21(20)23-14-8-1-2-9-15-23/h3-7,10-13,16H,1-2,8-9,14-15H2/p+1. The average Bonchev–Trinajstić information content (AvgIpc) is 2.97. The van der Waals surface area contributed by atoms with Gasteiger partial charge >= 0.3 is 0 Å². The Balaban J connectivity index is 1.96. The molecule has 0 aliphatic carbocycles. The van der Waals surface area contributed by atoms with E-state index in [-0.39, 0.29) is 0 Å². The lowest BCUT2D eigenvalue weighted by Gasteiger charge is -2.25. The Kier molecular flexibility index (Phi) is 4.64. The molecular formula is C21H23N2O2S+. The van der Waals surface area contributed by atoms with Crippen molar-refractivity contribution < 1.29 is 13.4 Å². The number of aromatic nitrogens is 1. The molecule has 2 heterocycles. The van der Waals surface area contributed by atoms with Crippen molar-refractivity contribution in [3.63, 3.8) is 0 Å². The van der Waals surface area contributed by atoms with Gasteiger partial charge in [-0.1, -0.05) is 43.2 Å². The number of aromatic amines is 1. The van der Waals surface area contributed by atoms with E-state index in [9.17, 15) is 8.42 Å². The zero-order valence-electron chi connectivity index (χ0n) is 14.7. The third-order valence-electron chi connectivity index (χ3n) is 5.04. The summed E-state index contributed by atoms with van der Waals surface area (Å²) in [5.41, 5.74) is 1.80. The third-order valence-corrected chi connectivity index (χ3v) is 6.82. The predicted molar refractivity (Wildman–Crippen MR) is 103 cm³/mol. The van der Waals surface area contributed by atoms with Gasteiger partial charge in [0.05, 0.1) is 16.0 Å². The van der Waals surface area contributed by atoms with Gasteiger partial charge in [-0.15, -0.1) is 0 Å². The topological polar surface area (TPSA) is 51.5 Å². The number of nitrogens with one attached hydrogen (secondary N) is 1. The molecular weight excluding hydrogens is 344 g/mol. The van der Waals surface area contributed by atoms with Gasteiger partial charge in [-0.05, 0) is 31.0 Å². The number of anilines is 1. The number of para-hydroxylation sites is 1. The first-order valence-electron chi connectivity index (χ1n) is 9.16. The molecule has 0 amide bonds. The Morgan fingerprint density at radius 2 is 1.46 bits per heavy atom. The molecule has 5 heteroatoms. The average molecular weight is 367 g/mol. The maximum Gasteiger partial charge on any atom is 0.214 e. The lowest BCUT2D eigenvalue weighted by Crippen LogP contribution is -2.27. The minimum absolute atomic E-state index is 0.333. The van der Waals surface area contributed by atoms with Crippen LogP contribution in [0.1, 0.15) is 25.7 Å². The smallest absolute Gasteiger partial charge is 0.214 e. The van der Waals surface area contributed by atoms with Crippen LogP contribution in [0, 0.1) is 0 Å². The van der Waals surface area contributed by atoms with E-state index >= 15 is 0 Å². The van der Waals surface area contributed by atoms with Crippen LogP contribution in [0.4, 0.5) is 5.69 Å². The molecule has 1 fully saturated rings. The number of benzene rings is 2. The number of fused-ring (bicyclic) bond motifs is 1. The number of hydrogen-bond acceptors (Lipinski definition) is 3. The molecule has 0 atom stereocenters. The number of H-pyrrole nitrogens is 1. The SMILES string of the molecule is O=S(=O)(c1ccccc1)c1c[nH+]c2ccccc2c1N1CCCCCC1. The van der Waals surface area contributed by atoms with E-state index in [2.05, 4.69) is 9.88 Å². The van der Waals surface area contributed by atoms with E-state index < -0.39 is 9.84 Å². The van der Waals surface area contributed by atoms with Crippen LogP contribution in [0.3, 0.4) is 0 Å². The number of pyridine rings is 1. The predicted octanol–water partition coefficient (Wildman–Crippen LogP) is 3.87. The number of hydrogen-bond donors (Lipinski definition) is 0. The summed E-state index contributed by atoms with van der Waals surface area (Å²) in [5, 5.41) is 0.964. The summed E-state index contributed by atoms with van der Waals surface area (Å²) in [6, 6.07) is 16.6. The van der Waals surface area contributed by atoms with E-state index in [1.807, 2.05) is 30.3 Å². The van der Waals surface area contributed by atoms with Gasteiger partial charge in [-0.3, -0.25) is 0 Å². The number of nitrogens with zero attached hydrogens (tertiary/aromatic N) is 1. The summed E-state index contributed by atoms with van der Waals surface area (Å²) in [6.45, 7) is 1.79.